The van der Waals surface area contributed by atoms with E-state index in [1.165, 1.54) is 13.3 Å². The Morgan fingerprint density at radius 1 is 1.06 bits per heavy atom. The molecule has 1 amide bonds. The fourth-order valence-corrected chi connectivity index (χ4v) is 8.66. The number of hydrogen-bond acceptors (Lipinski definition) is 8. The Kier molecular flexibility index (Phi) is 13.8. The van der Waals surface area contributed by atoms with E-state index in [0.717, 1.165) is 102 Å². The van der Waals surface area contributed by atoms with E-state index in [1.54, 1.807) is 6.08 Å². The lowest BCUT2D eigenvalue weighted by Gasteiger charge is -2.46. The lowest BCUT2D eigenvalue weighted by molar-refractivity contribution is -0.148. The normalized spacial score (nSPS) is 31.5. The zero-order valence-electron chi connectivity index (χ0n) is 29.3. The van der Waals surface area contributed by atoms with Gasteiger partial charge in [-0.15, -0.1) is 0 Å². The minimum atomic E-state index is -1.10. The van der Waals surface area contributed by atoms with Crippen LogP contribution in [0.25, 0.3) is 0 Å². The third-order valence-corrected chi connectivity index (χ3v) is 11.3. The highest BCUT2D eigenvalue weighted by molar-refractivity contribution is 6.00. The van der Waals surface area contributed by atoms with E-state index >= 15 is 4.39 Å². The standard InChI is InChI=1S/C37H60FN5O4/c1-5-7-8-9-12-28-32(30(17-21-41-28)47-27-15-13-25(14-16-27)35(45)46-4)43-34(44)31(33(39)40)29-23-36(3,18-6-2)37(19-10-11-20-37)22-26(38)24-42-29/h22,24-25,27,30,32-33H,5-21,23,39-40H2,1-4H3,(H,43,44)/b26-22+,31-29?,42-24?. The maximum atomic E-state index is 15.4. The summed E-state index contributed by atoms with van der Waals surface area (Å²) in [5, 5.41) is 3.26. The summed E-state index contributed by atoms with van der Waals surface area (Å²) < 4.78 is 27.1. The number of halogens is 1. The Morgan fingerprint density at radius 2 is 1.79 bits per heavy atom. The average molecular weight is 658 g/mol. The van der Waals surface area contributed by atoms with Crippen molar-refractivity contribution in [1.82, 2.24) is 5.32 Å². The molecule has 0 saturated heterocycles. The van der Waals surface area contributed by atoms with Gasteiger partial charge in [0.1, 0.15) is 5.83 Å². The highest BCUT2D eigenvalue weighted by Gasteiger charge is 2.49. The minimum absolute atomic E-state index is 0.0170. The summed E-state index contributed by atoms with van der Waals surface area (Å²) in [6, 6.07) is -0.442. The number of carbonyl (C=O) groups is 2. The molecule has 47 heavy (non-hydrogen) atoms. The van der Waals surface area contributed by atoms with Gasteiger partial charge >= 0.3 is 5.97 Å². The molecule has 2 fully saturated rings. The summed E-state index contributed by atoms with van der Waals surface area (Å²) in [5.74, 6) is -1.02. The number of methoxy groups -OCH3 is 1. The van der Waals surface area contributed by atoms with Crippen molar-refractivity contribution in [3.63, 3.8) is 0 Å². The summed E-state index contributed by atoms with van der Waals surface area (Å²) in [6.45, 7) is 7.18. The summed E-state index contributed by atoms with van der Waals surface area (Å²) in [7, 11) is 1.44. The second-order valence-electron chi connectivity index (χ2n) is 14.6. The fraction of sp³-hybridized carbons (Fsp3) is 0.784. The summed E-state index contributed by atoms with van der Waals surface area (Å²) in [5.41, 5.74) is 13.7. The van der Waals surface area contributed by atoms with Crippen LogP contribution in [-0.4, -0.2) is 61.9 Å². The Bertz CT molecular complexity index is 1200. The predicted octanol–water partition coefficient (Wildman–Crippen LogP) is 6.60. The molecule has 2 aliphatic carbocycles. The van der Waals surface area contributed by atoms with Crippen LogP contribution in [0.15, 0.2) is 33.2 Å². The van der Waals surface area contributed by atoms with Gasteiger partial charge < -0.3 is 26.3 Å². The first-order valence-electron chi connectivity index (χ1n) is 18.3. The molecule has 264 valence electrons. The fourth-order valence-electron chi connectivity index (χ4n) is 8.66. The summed E-state index contributed by atoms with van der Waals surface area (Å²) in [4.78, 5) is 35.9. The third kappa shape index (κ3) is 9.18. The highest BCUT2D eigenvalue weighted by Crippen LogP contribution is 2.58. The number of unbranched alkanes of at least 4 members (excludes halogenated alkanes) is 3. The van der Waals surface area contributed by atoms with Crippen LogP contribution in [0.1, 0.15) is 130 Å². The van der Waals surface area contributed by atoms with E-state index in [1.807, 2.05) is 0 Å². The van der Waals surface area contributed by atoms with Crippen LogP contribution in [0.4, 0.5) is 4.39 Å². The number of hydrogen-bond donors (Lipinski definition) is 3. The molecule has 0 aromatic heterocycles. The molecule has 2 heterocycles. The van der Waals surface area contributed by atoms with Crippen molar-refractivity contribution in [2.75, 3.05) is 13.7 Å². The first-order chi connectivity index (χ1) is 22.6. The van der Waals surface area contributed by atoms with E-state index in [0.29, 0.717) is 25.1 Å². The van der Waals surface area contributed by atoms with Gasteiger partial charge in [-0.2, -0.15) is 0 Å². The number of amides is 1. The smallest absolute Gasteiger partial charge is 0.308 e. The summed E-state index contributed by atoms with van der Waals surface area (Å²) >= 11 is 0. The molecule has 2 aliphatic heterocycles. The van der Waals surface area contributed by atoms with Crippen LogP contribution in [0, 0.1) is 16.7 Å². The van der Waals surface area contributed by atoms with Gasteiger partial charge in [0.05, 0.1) is 54.9 Å². The Labute approximate surface area is 281 Å². The second-order valence-corrected chi connectivity index (χ2v) is 14.6. The monoisotopic (exact) mass is 657 g/mol. The van der Waals surface area contributed by atoms with E-state index in [4.69, 9.17) is 25.9 Å². The zero-order valence-corrected chi connectivity index (χ0v) is 29.3. The average Bonchev–Trinajstić information content (AvgIpc) is 3.53. The molecule has 2 saturated carbocycles. The van der Waals surface area contributed by atoms with Gasteiger partial charge in [0.25, 0.3) is 5.91 Å². The number of ether oxygens (including phenoxy) is 2. The Morgan fingerprint density at radius 3 is 2.43 bits per heavy atom. The quantitative estimate of drug-likeness (QED) is 0.0883. The highest BCUT2D eigenvalue weighted by atomic mass is 19.1. The molecule has 0 radical (unpaired) electrons. The molecule has 9 nitrogen and oxygen atoms in total. The molecular weight excluding hydrogens is 597 g/mol. The second kappa shape index (κ2) is 17.3. The first kappa shape index (κ1) is 37.4. The number of carbonyl (C=O) groups excluding carboxylic acids is 2. The van der Waals surface area contributed by atoms with Crippen LogP contribution < -0.4 is 16.8 Å². The van der Waals surface area contributed by atoms with Crippen LogP contribution in [0.2, 0.25) is 0 Å². The zero-order chi connectivity index (χ0) is 34.0. The molecule has 4 rings (SSSR count). The van der Waals surface area contributed by atoms with Crippen LogP contribution in [0.5, 0.6) is 0 Å². The third-order valence-electron chi connectivity index (χ3n) is 11.3. The molecular formula is C37H60FN5O4. The van der Waals surface area contributed by atoms with Crippen LogP contribution >= 0.6 is 0 Å². The lowest BCUT2D eigenvalue weighted by atomic mass is 9.58. The van der Waals surface area contributed by atoms with Crippen LogP contribution in [-0.2, 0) is 19.1 Å². The molecule has 0 aromatic rings. The predicted molar refractivity (Wildman–Crippen MR) is 186 cm³/mol. The molecule has 1 spiro atoms. The van der Waals surface area contributed by atoms with Crippen molar-refractivity contribution >= 4 is 23.8 Å². The van der Waals surface area contributed by atoms with Crippen LogP contribution in [0.3, 0.4) is 0 Å². The van der Waals surface area contributed by atoms with Gasteiger partial charge in [0.2, 0.25) is 0 Å². The van der Waals surface area contributed by atoms with Crippen molar-refractivity contribution in [1.29, 1.82) is 0 Å². The number of rotatable bonds is 13. The van der Waals surface area contributed by atoms with Gasteiger partial charge in [-0.1, -0.05) is 59.3 Å². The van der Waals surface area contributed by atoms with Gasteiger partial charge in [0, 0.05) is 12.3 Å². The Balaban J connectivity index is 1.62. The molecule has 5 N–H and O–H groups in total. The number of allylic oxidation sites excluding steroid dienone is 3. The van der Waals surface area contributed by atoms with E-state index in [2.05, 4.69) is 31.1 Å². The molecule has 3 unspecified atom stereocenters. The van der Waals surface area contributed by atoms with Crippen molar-refractivity contribution in [3.05, 3.63) is 23.2 Å². The van der Waals surface area contributed by atoms with Gasteiger partial charge in [-0.3, -0.25) is 19.6 Å². The topological polar surface area (TPSA) is 141 Å². The largest absolute Gasteiger partial charge is 0.469 e. The van der Waals surface area contributed by atoms with Crippen molar-refractivity contribution < 1.29 is 23.5 Å². The lowest BCUT2D eigenvalue weighted by Crippen LogP contribution is -2.55. The number of aliphatic imine (C=N–C) groups is 2. The SMILES string of the molecule is CCCCCCC1=NCCC(OC2CCC(C(=O)OC)CC2)C1NC(=O)C(=C1CC(C)(CCC)C2(/C=C(/F)C=N1)CCCC2)C(N)N. The number of nitrogens with zero attached hydrogens (tertiary/aromatic N) is 2. The molecule has 4 aliphatic rings. The van der Waals surface area contributed by atoms with Gasteiger partial charge in [0.15, 0.2) is 0 Å². The number of nitrogens with one attached hydrogen (secondary N) is 1. The first-order valence-corrected chi connectivity index (χ1v) is 18.3. The maximum Gasteiger partial charge on any atom is 0.308 e. The molecule has 10 heteroatoms. The summed E-state index contributed by atoms with van der Waals surface area (Å²) in [6.07, 6.45) is 16.6. The maximum absolute atomic E-state index is 15.4. The molecule has 0 bridgehead atoms. The van der Waals surface area contributed by atoms with Crippen molar-refractivity contribution in [2.24, 2.45) is 38.2 Å². The van der Waals surface area contributed by atoms with E-state index in [9.17, 15) is 9.59 Å². The Hall–Kier alpha value is -2.43. The number of nitrogens with two attached hydrogens (primary N) is 2. The van der Waals surface area contributed by atoms with E-state index < -0.39 is 18.1 Å². The number of esters is 1. The van der Waals surface area contributed by atoms with Gasteiger partial charge in [-0.05, 0) is 87.5 Å². The van der Waals surface area contributed by atoms with E-state index in [-0.39, 0.29) is 46.3 Å². The molecule has 3 atom stereocenters. The van der Waals surface area contributed by atoms with Crippen molar-refractivity contribution in [3.8, 4) is 0 Å². The minimum Gasteiger partial charge on any atom is -0.469 e. The van der Waals surface area contributed by atoms with Crippen molar-refractivity contribution in [2.45, 2.75) is 154 Å². The van der Waals surface area contributed by atoms with Gasteiger partial charge in [-0.25, -0.2) is 4.39 Å². The molecule has 0 aromatic carbocycles.